The van der Waals surface area contributed by atoms with E-state index in [-0.39, 0.29) is 25.7 Å². The molecule has 0 amide bonds. The fourth-order valence-electron chi connectivity index (χ4n) is 11.0. The third-order valence-corrected chi connectivity index (χ3v) is 18.7. The van der Waals surface area contributed by atoms with Gasteiger partial charge in [-0.3, -0.25) is 37.3 Å². The molecule has 0 heterocycles. The van der Waals surface area contributed by atoms with Gasteiger partial charge >= 0.3 is 39.5 Å². The molecule has 0 spiro atoms. The first-order chi connectivity index (χ1) is 44.0. The van der Waals surface area contributed by atoms with E-state index in [9.17, 15) is 43.2 Å². The van der Waals surface area contributed by atoms with Crippen LogP contribution in [0, 0.1) is 5.92 Å². The third kappa shape index (κ3) is 66.5. The maximum atomic E-state index is 13.0. The number of aliphatic hydroxyl groups excluding tert-OH is 1. The van der Waals surface area contributed by atoms with Gasteiger partial charge < -0.3 is 33.8 Å². The predicted molar refractivity (Wildman–Crippen MR) is 368 cm³/mol. The number of ether oxygens (including phenoxy) is 4. The molecule has 19 heteroatoms. The Labute approximate surface area is 556 Å². The second kappa shape index (κ2) is 65.4. The minimum Gasteiger partial charge on any atom is -0.462 e. The second-order valence-corrected chi connectivity index (χ2v) is 29.4. The third-order valence-electron chi connectivity index (χ3n) is 16.8. The van der Waals surface area contributed by atoms with E-state index in [1.165, 1.54) is 186 Å². The SMILES string of the molecule is CCCCCCCCCCCCCCCCCCCCC(=O)O[C@H](COC(=O)CCCCCCCCCCCCCCCCC(C)C)COP(=O)(O)OC[C@@H](O)COP(=O)(O)OC[C@@H](COC(=O)CCCCCCCCC)OC(=O)CCCCCCCCCCC. The fourth-order valence-corrected chi connectivity index (χ4v) is 12.6. The molecule has 0 aromatic carbocycles. The van der Waals surface area contributed by atoms with Gasteiger partial charge in [0.15, 0.2) is 12.2 Å². The Morgan fingerprint density at radius 2 is 0.505 bits per heavy atom. The van der Waals surface area contributed by atoms with Gasteiger partial charge in [-0.05, 0) is 31.6 Å². The van der Waals surface area contributed by atoms with Gasteiger partial charge in [0, 0.05) is 25.7 Å². The summed E-state index contributed by atoms with van der Waals surface area (Å²) in [7, 11) is -9.89. The van der Waals surface area contributed by atoms with Crippen molar-refractivity contribution in [3.8, 4) is 0 Å². The van der Waals surface area contributed by atoms with Crippen molar-refractivity contribution in [2.75, 3.05) is 39.6 Å². The molecule has 0 aromatic rings. The van der Waals surface area contributed by atoms with Crippen molar-refractivity contribution in [1.29, 1.82) is 0 Å². The minimum absolute atomic E-state index is 0.106. The number of carbonyl (C=O) groups is 4. The smallest absolute Gasteiger partial charge is 0.462 e. The Bertz CT molecular complexity index is 1750. The number of phosphoric ester groups is 2. The first kappa shape index (κ1) is 89.1. The summed E-state index contributed by atoms with van der Waals surface area (Å²) >= 11 is 0. The van der Waals surface area contributed by atoms with Crippen LogP contribution in [0.5, 0.6) is 0 Å². The highest BCUT2D eigenvalue weighted by molar-refractivity contribution is 7.47. The van der Waals surface area contributed by atoms with Gasteiger partial charge in [-0.1, -0.05) is 324 Å². The van der Waals surface area contributed by atoms with Crippen molar-refractivity contribution in [2.45, 2.75) is 393 Å². The van der Waals surface area contributed by atoms with Crippen molar-refractivity contribution in [2.24, 2.45) is 5.92 Å². The molecule has 0 radical (unpaired) electrons. The molecule has 0 rings (SSSR count). The van der Waals surface area contributed by atoms with E-state index in [2.05, 4.69) is 34.6 Å². The van der Waals surface area contributed by atoms with Crippen molar-refractivity contribution in [3.63, 3.8) is 0 Å². The average molecular weight is 1340 g/mol. The summed E-state index contributed by atoms with van der Waals surface area (Å²) < 4.78 is 68.2. The van der Waals surface area contributed by atoms with Gasteiger partial charge in [0.1, 0.15) is 19.3 Å². The summed E-state index contributed by atoms with van der Waals surface area (Å²) in [5, 5.41) is 10.6. The number of esters is 4. The van der Waals surface area contributed by atoms with Gasteiger partial charge in [-0.25, -0.2) is 9.13 Å². The molecule has 5 atom stereocenters. The monoisotopic (exact) mass is 1340 g/mol. The van der Waals surface area contributed by atoms with Crippen LogP contribution in [0.1, 0.15) is 375 Å². The van der Waals surface area contributed by atoms with Crippen LogP contribution in [0.3, 0.4) is 0 Å². The number of rotatable bonds is 72. The molecule has 91 heavy (non-hydrogen) atoms. The summed E-state index contributed by atoms with van der Waals surface area (Å²) in [5.74, 6) is -1.33. The van der Waals surface area contributed by atoms with E-state index in [4.69, 9.17) is 37.0 Å². The maximum absolute atomic E-state index is 13.0. The van der Waals surface area contributed by atoms with Crippen LogP contribution in [0.15, 0.2) is 0 Å². The van der Waals surface area contributed by atoms with Crippen molar-refractivity contribution >= 4 is 39.5 Å². The van der Waals surface area contributed by atoms with Gasteiger partial charge in [0.2, 0.25) is 0 Å². The lowest BCUT2D eigenvalue weighted by Gasteiger charge is -2.21. The first-order valence-corrected chi connectivity index (χ1v) is 40.6. The minimum atomic E-state index is -4.95. The summed E-state index contributed by atoms with van der Waals surface area (Å²) in [5.41, 5.74) is 0. The maximum Gasteiger partial charge on any atom is 0.472 e. The standard InChI is InChI=1S/C72H140O17P2/c1-6-9-12-15-18-20-21-22-23-24-25-26-31-34-38-43-48-53-58-72(77)89-68(62-83-70(75)56-51-46-41-37-33-30-28-27-29-32-36-40-44-49-54-65(4)5)64-87-91(80,81)85-60-66(73)59-84-90(78,79)86-63-67(61-82-69(74)55-50-45-39-17-14-11-8-3)88-71(76)57-52-47-42-35-19-16-13-10-7-2/h65-68,73H,6-64H2,1-5H3,(H,78,79)(H,80,81)/t66-,67+,68+/m0/s1. The summed E-state index contributed by atoms with van der Waals surface area (Å²) in [6.07, 6.45) is 52.9. The van der Waals surface area contributed by atoms with E-state index in [1.54, 1.807) is 0 Å². The quantitative estimate of drug-likeness (QED) is 0.0222. The van der Waals surface area contributed by atoms with Gasteiger partial charge in [-0.15, -0.1) is 0 Å². The largest absolute Gasteiger partial charge is 0.472 e. The Hall–Kier alpha value is -1.94. The molecule has 0 saturated carbocycles. The van der Waals surface area contributed by atoms with Gasteiger partial charge in [-0.2, -0.15) is 0 Å². The highest BCUT2D eigenvalue weighted by atomic mass is 31.2. The summed E-state index contributed by atoms with van der Waals surface area (Å²) in [6.45, 7) is 7.23. The van der Waals surface area contributed by atoms with E-state index >= 15 is 0 Å². The molecule has 0 fully saturated rings. The average Bonchev–Trinajstić information content (AvgIpc) is 3.24. The Morgan fingerprint density at radius 3 is 0.747 bits per heavy atom. The van der Waals surface area contributed by atoms with E-state index in [1.807, 2.05) is 0 Å². The van der Waals surface area contributed by atoms with Crippen molar-refractivity contribution in [3.05, 3.63) is 0 Å². The van der Waals surface area contributed by atoms with Crippen molar-refractivity contribution < 1.29 is 80.2 Å². The highest BCUT2D eigenvalue weighted by Crippen LogP contribution is 2.45. The van der Waals surface area contributed by atoms with E-state index in [0.717, 1.165) is 109 Å². The van der Waals surface area contributed by atoms with Crippen LogP contribution in [0.4, 0.5) is 0 Å². The van der Waals surface area contributed by atoms with Crippen LogP contribution in [-0.2, 0) is 65.4 Å². The van der Waals surface area contributed by atoms with E-state index in [0.29, 0.717) is 25.7 Å². The summed E-state index contributed by atoms with van der Waals surface area (Å²) in [4.78, 5) is 72.4. The van der Waals surface area contributed by atoms with Crippen LogP contribution in [0.25, 0.3) is 0 Å². The number of hydrogen-bond donors (Lipinski definition) is 3. The normalized spacial score (nSPS) is 14.0. The lowest BCUT2D eigenvalue weighted by atomic mass is 10.0. The predicted octanol–water partition coefficient (Wildman–Crippen LogP) is 20.9. The van der Waals surface area contributed by atoms with E-state index < -0.39 is 97.5 Å². The zero-order valence-corrected chi connectivity index (χ0v) is 60.8. The molecule has 0 aromatic heterocycles. The molecule has 0 aliphatic heterocycles. The lowest BCUT2D eigenvalue weighted by Crippen LogP contribution is -2.30. The fraction of sp³-hybridized carbons (Fsp3) is 0.944. The molecule has 540 valence electrons. The molecule has 3 N–H and O–H groups in total. The number of phosphoric acid groups is 2. The molecule has 17 nitrogen and oxygen atoms in total. The molecular formula is C72H140O17P2. The molecule has 0 aliphatic carbocycles. The topological polar surface area (TPSA) is 237 Å². The van der Waals surface area contributed by atoms with Gasteiger partial charge in [0.25, 0.3) is 0 Å². The number of unbranched alkanes of at least 4 members (excludes halogenated alkanes) is 44. The Balaban J connectivity index is 5.17. The molecular weight excluding hydrogens is 1200 g/mol. The lowest BCUT2D eigenvalue weighted by molar-refractivity contribution is -0.161. The van der Waals surface area contributed by atoms with Crippen LogP contribution < -0.4 is 0 Å². The van der Waals surface area contributed by atoms with Crippen LogP contribution in [0.2, 0.25) is 0 Å². The molecule has 0 aliphatic rings. The number of hydrogen-bond acceptors (Lipinski definition) is 15. The van der Waals surface area contributed by atoms with Crippen molar-refractivity contribution in [1.82, 2.24) is 0 Å². The summed E-state index contributed by atoms with van der Waals surface area (Å²) in [6, 6.07) is 0. The van der Waals surface area contributed by atoms with Crippen LogP contribution in [-0.4, -0.2) is 96.7 Å². The molecule has 2 unspecified atom stereocenters. The van der Waals surface area contributed by atoms with Crippen LogP contribution >= 0.6 is 15.6 Å². The molecule has 0 bridgehead atoms. The number of carbonyl (C=O) groups excluding carboxylic acids is 4. The van der Waals surface area contributed by atoms with Gasteiger partial charge in [0.05, 0.1) is 26.4 Å². The zero-order valence-electron chi connectivity index (χ0n) is 59.0. The first-order valence-electron chi connectivity index (χ1n) is 37.6. The number of aliphatic hydroxyl groups is 1. The highest BCUT2D eigenvalue weighted by Gasteiger charge is 2.30. The Kier molecular flexibility index (Phi) is 64.0. The molecule has 0 saturated heterocycles. The zero-order chi connectivity index (χ0) is 67.0. The Morgan fingerprint density at radius 1 is 0.297 bits per heavy atom. The second-order valence-electron chi connectivity index (χ2n) is 26.5.